The second-order valence-electron chi connectivity index (χ2n) is 6.10. The van der Waals surface area contributed by atoms with Crippen LogP contribution in [0.3, 0.4) is 0 Å². The number of hydrogen-bond donors (Lipinski definition) is 0. The molecule has 2 aliphatic heterocycles. The molecule has 0 radical (unpaired) electrons. The van der Waals surface area contributed by atoms with Crippen molar-refractivity contribution in [1.82, 2.24) is 0 Å². The summed E-state index contributed by atoms with van der Waals surface area (Å²) in [5, 5.41) is 1.40. The van der Waals surface area contributed by atoms with Crippen LogP contribution in [0.25, 0.3) is 0 Å². The van der Waals surface area contributed by atoms with Gasteiger partial charge in [-0.15, -0.1) is 0 Å². The Labute approximate surface area is 122 Å². The van der Waals surface area contributed by atoms with E-state index in [9.17, 15) is 0 Å². The Kier molecular flexibility index (Phi) is 4.56. The van der Waals surface area contributed by atoms with Crippen LogP contribution in [0.2, 0.25) is 12.1 Å². The summed E-state index contributed by atoms with van der Waals surface area (Å²) in [7, 11) is -1.86. The second-order valence-corrected chi connectivity index (χ2v) is 10.00. The maximum Gasteiger partial charge on any atom is 0.228 e. The molecule has 0 N–H and O–H groups in total. The van der Waals surface area contributed by atoms with Crippen molar-refractivity contribution in [1.29, 1.82) is 0 Å². The van der Waals surface area contributed by atoms with Crippen molar-refractivity contribution in [3.8, 4) is 0 Å². The van der Waals surface area contributed by atoms with E-state index in [0.717, 1.165) is 45.4 Å². The molecule has 0 saturated carbocycles. The SMILES string of the molecule is C[Si](OCCCC1COC1)(c1ccccc1)C1COC1. The van der Waals surface area contributed by atoms with Crippen LogP contribution in [-0.2, 0) is 13.9 Å². The molecule has 2 saturated heterocycles. The number of ether oxygens (including phenoxy) is 2. The van der Waals surface area contributed by atoms with E-state index >= 15 is 0 Å². The first-order chi connectivity index (χ1) is 9.79. The number of benzene rings is 1. The minimum Gasteiger partial charge on any atom is -0.412 e. The van der Waals surface area contributed by atoms with Gasteiger partial charge >= 0.3 is 0 Å². The molecule has 0 amide bonds. The Morgan fingerprint density at radius 3 is 2.35 bits per heavy atom. The van der Waals surface area contributed by atoms with E-state index in [4.69, 9.17) is 13.9 Å². The van der Waals surface area contributed by atoms with Gasteiger partial charge in [-0.3, -0.25) is 0 Å². The van der Waals surface area contributed by atoms with E-state index in [2.05, 4.69) is 36.9 Å². The van der Waals surface area contributed by atoms with Gasteiger partial charge in [-0.25, -0.2) is 0 Å². The predicted molar refractivity (Wildman–Crippen MR) is 81.8 cm³/mol. The monoisotopic (exact) mass is 292 g/mol. The van der Waals surface area contributed by atoms with Crippen molar-refractivity contribution in [3.05, 3.63) is 30.3 Å². The third-order valence-electron chi connectivity index (χ3n) is 4.63. The molecular formula is C16H24O3Si. The molecule has 0 spiro atoms. The van der Waals surface area contributed by atoms with Crippen LogP contribution in [0.4, 0.5) is 0 Å². The highest BCUT2D eigenvalue weighted by molar-refractivity contribution is 6.87. The Morgan fingerprint density at radius 1 is 1.10 bits per heavy atom. The van der Waals surface area contributed by atoms with E-state index in [1.807, 2.05) is 0 Å². The lowest BCUT2D eigenvalue weighted by molar-refractivity contribution is -0.0376. The summed E-state index contributed by atoms with van der Waals surface area (Å²) in [6.45, 7) is 6.86. The van der Waals surface area contributed by atoms with Gasteiger partial charge in [0.2, 0.25) is 8.32 Å². The first-order valence-electron chi connectivity index (χ1n) is 7.64. The van der Waals surface area contributed by atoms with Crippen molar-refractivity contribution in [2.45, 2.75) is 24.9 Å². The third-order valence-corrected chi connectivity index (χ3v) is 8.80. The normalized spacial score (nSPS) is 22.9. The average Bonchev–Trinajstić information content (AvgIpc) is 2.35. The summed E-state index contributed by atoms with van der Waals surface area (Å²) < 4.78 is 17.1. The fourth-order valence-electron chi connectivity index (χ4n) is 2.87. The van der Waals surface area contributed by atoms with E-state index in [1.165, 1.54) is 11.6 Å². The molecule has 3 nitrogen and oxygen atoms in total. The van der Waals surface area contributed by atoms with Gasteiger partial charge in [-0.05, 0) is 24.6 Å². The van der Waals surface area contributed by atoms with Crippen LogP contribution < -0.4 is 5.19 Å². The molecule has 0 bridgehead atoms. The van der Waals surface area contributed by atoms with Crippen molar-refractivity contribution < 1.29 is 13.9 Å². The predicted octanol–water partition coefficient (Wildman–Crippen LogP) is 2.31. The molecule has 2 heterocycles. The highest BCUT2D eigenvalue weighted by Crippen LogP contribution is 2.30. The Balaban J connectivity index is 1.57. The summed E-state index contributed by atoms with van der Waals surface area (Å²) >= 11 is 0. The van der Waals surface area contributed by atoms with Gasteiger partial charge in [0, 0.05) is 18.1 Å². The van der Waals surface area contributed by atoms with Crippen molar-refractivity contribution in [2.75, 3.05) is 33.0 Å². The minimum absolute atomic E-state index is 0.608. The van der Waals surface area contributed by atoms with Gasteiger partial charge in [0.15, 0.2) is 0 Å². The molecule has 2 fully saturated rings. The van der Waals surface area contributed by atoms with E-state index in [1.54, 1.807) is 0 Å². The maximum atomic E-state index is 6.46. The minimum atomic E-state index is -1.86. The smallest absolute Gasteiger partial charge is 0.228 e. The first kappa shape index (κ1) is 14.3. The van der Waals surface area contributed by atoms with Crippen molar-refractivity contribution in [3.63, 3.8) is 0 Å². The Morgan fingerprint density at radius 2 is 1.80 bits per heavy atom. The van der Waals surface area contributed by atoms with Gasteiger partial charge in [0.1, 0.15) is 0 Å². The summed E-state index contributed by atoms with van der Waals surface area (Å²) in [5.74, 6) is 0.773. The van der Waals surface area contributed by atoms with Gasteiger partial charge in [0.25, 0.3) is 0 Å². The Bertz CT molecular complexity index is 417. The summed E-state index contributed by atoms with van der Waals surface area (Å²) in [5.41, 5.74) is 0.608. The third kappa shape index (κ3) is 2.98. The van der Waals surface area contributed by atoms with Crippen molar-refractivity contribution >= 4 is 13.5 Å². The van der Waals surface area contributed by atoms with Crippen LogP contribution in [0.5, 0.6) is 0 Å². The molecule has 4 heteroatoms. The molecule has 1 unspecified atom stereocenters. The Hall–Kier alpha value is -0.683. The lowest BCUT2D eigenvalue weighted by Crippen LogP contribution is -2.57. The molecule has 3 rings (SSSR count). The van der Waals surface area contributed by atoms with Crippen LogP contribution in [-0.4, -0.2) is 41.4 Å². The van der Waals surface area contributed by atoms with Gasteiger partial charge in [-0.2, -0.15) is 0 Å². The summed E-state index contributed by atoms with van der Waals surface area (Å²) in [6, 6.07) is 10.8. The standard InChI is InChI=1S/C16H24O3Si/c1-20(16-12-18-13-16,15-7-3-2-4-8-15)19-9-5-6-14-10-17-11-14/h2-4,7-8,14,16H,5-6,9-13H2,1H3. The fourth-order valence-corrected chi connectivity index (χ4v) is 6.04. The molecule has 20 heavy (non-hydrogen) atoms. The quantitative estimate of drug-likeness (QED) is 0.570. The molecule has 0 aliphatic carbocycles. The molecule has 1 aromatic carbocycles. The second kappa shape index (κ2) is 6.39. The van der Waals surface area contributed by atoms with Crippen molar-refractivity contribution in [2.24, 2.45) is 5.92 Å². The fraction of sp³-hybridized carbons (Fsp3) is 0.625. The van der Waals surface area contributed by atoms with Gasteiger partial charge in [-0.1, -0.05) is 30.3 Å². The molecule has 2 aliphatic rings. The van der Waals surface area contributed by atoms with Gasteiger partial charge in [0.05, 0.1) is 26.4 Å². The molecule has 1 aromatic rings. The van der Waals surface area contributed by atoms with Crippen LogP contribution >= 0.6 is 0 Å². The number of hydrogen-bond acceptors (Lipinski definition) is 3. The average molecular weight is 292 g/mol. The maximum absolute atomic E-state index is 6.46. The molecule has 1 atom stereocenters. The van der Waals surface area contributed by atoms with Gasteiger partial charge < -0.3 is 13.9 Å². The summed E-state index contributed by atoms with van der Waals surface area (Å²) in [6.07, 6.45) is 2.39. The summed E-state index contributed by atoms with van der Waals surface area (Å²) in [4.78, 5) is 0. The van der Waals surface area contributed by atoms with E-state index in [-0.39, 0.29) is 0 Å². The zero-order valence-corrected chi connectivity index (χ0v) is 13.2. The molecular weight excluding hydrogens is 268 g/mol. The number of rotatable bonds is 7. The lowest BCUT2D eigenvalue weighted by Gasteiger charge is -2.40. The molecule has 0 aromatic heterocycles. The van der Waals surface area contributed by atoms with E-state index in [0.29, 0.717) is 5.54 Å². The zero-order valence-electron chi connectivity index (χ0n) is 12.2. The first-order valence-corrected chi connectivity index (χ1v) is 10.1. The molecule has 110 valence electrons. The highest BCUT2D eigenvalue weighted by Gasteiger charge is 2.44. The van der Waals surface area contributed by atoms with Crippen LogP contribution in [0.1, 0.15) is 12.8 Å². The van der Waals surface area contributed by atoms with Crippen LogP contribution in [0, 0.1) is 5.92 Å². The van der Waals surface area contributed by atoms with E-state index < -0.39 is 8.32 Å². The largest absolute Gasteiger partial charge is 0.412 e. The topological polar surface area (TPSA) is 27.7 Å². The lowest BCUT2D eigenvalue weighted by atomic mass is 10.0. The van der Waals surface area contributed by atoms with Crippen LogP contribution in [0.15, 0.2) is 30.3 Å². The highest BCUT2D eigenvalue weighted by atomic mass is 28.4. The zero-order chi connectivity index (χ0) is 13.8.